The van der Waals surface area contributed by atoms with Gasteiger partial charge in [-0.15, -0.1) is 0 Å². The summed E-state index contributed by atoms with van der Waals surface area (Å²) in [7, 11) is 2.08. The van der Waals surface area contributed by atoms with Gasteiger partial charge in [0.2, 0.25) is 5.95 Å². The summed E-state index contributed by atoms with van der Waals surface area (Å²) < 4.78 is 22.9. The number of rotatable bonds is 9. The Morgan fingerprint density at radius 1 is 1.11 bits per heavy atom. The lowest BCUT2D eigenvalue weighted by Gasteiger charge is -2.18. The van der Waals surface area contributed by atoms with Crippen molar-refractivity contribution in [2.75, 3.05) is 31.0 Å². The van der Waals surface area contributed by atoms with E-state index >= 15 is 0 Å². The average Bonchev–Trinajstić information content (AvgIpc) is 2.86. The fourth-order valence-corrected chi connectivity index (χ4v) is 3.33. The van der Waals surface area contributed by atoms with Crippen molar-refractivity contribution in [1.29, 1.82) is 0 Å². The molecule has 15 heteroatoms. The van der Waals surface area contributed by atoms with Crippen LogP contribution >= 0.6 is 11.6 Å². The zero-order chi connectivity index (χ0) is 26.4. The highest BCUT2D eigenvalue weighted by atomic mass is 35.5. The number of ether oxygens (including phenoxy) is 2. The Balaban J connectivity index is 1.69. The van der Waals surface area contributed by atoms with E-state index in [2.05, 4.69) is 40.0 Å². The van der Waals surface area contributed by atoms with Gasteiger partial charge in [-0.05, 0) is 18.2 Å². The number of nitrogens with one attached hydrogen (secondary N) is 2. The predicted octanol–water partition coefficient (Wildman–Crippen LogP) is 1.02. The van der Waals surface area contributed by atoms with Crippen LogP contribution in [0.3, 0.4) is 0 Å². The van der Waals surface area contributed by atoms with E-state index in [1.54, 1.807) is 0 Å². The zero-order valence-electron chi connectivity index (χ0n) is 19.1. The summed E-state index contributed by atoms with van der Waals surface area (Å²) in [6.07, 6.45) is -1.31. The van der Waals surface area contributed by atoms with Gasteiger partial charge in [0.1, 0.15) is 6.04 Å². The lowest BCUT2D eigenvalue weighted by molar-refractivity contribution is -0.148. The van der Waals surface area contributed by atoms with E-state index < -0.39 is 36.5 Å². The molecule has 0 unspecified atom stereocenters. The summed E-state index contributed by atoms with van der Waals surface area (Å²) in [5.41, 5.74) is 13.0. The summed E-state index contributed by atoms with van der Waals surface area (Å²) in [5.74, 6) is -2.75. The molecule has 0 aliphatic carbocycles. The van der Waals surface area contributed by atoms with Gasteiger partial charge in [-0.3, -0.25) is 4.79 Å². The lowest BCUT2D eigenvalue weighted by Crippen LogP contribution is -2.44. The summed E-state index contributed by atoms with van der Waals surface area (Å²) in [6, 6.07) is 2.89. The first kappa shape index (κ1) is 26.3. The number of carbonyl (C=O) groups is 3. The van der Waals surface area contributed by atoms with E-state index in [1.165, 1.54) is 24.4 Å². The van der Waals surface area contributed by atoms with Crippen LogP contribution in [0.5, 0.6) is 0 Å². The summed E-state index contributed by atoms with van der Waals surface area (Å²) in [6.45, 7) is 0.202. The Bertz CT molecular complexity index is 1310. The Kier molecular flexibility index (Phi) is 8.32. The van der Waals surface area contributed by atoms with Gasteiger partial charge >= 0.3 is 11.9 Å². The topological polar surface area (TPSA) is 197 Å². The average molecular weight is 521 g/mol. The minimum absolute atomic E-state index is 0.0121. The summed E-state index contributed by atoms with van der Waals surface area (Å²) in [5, 5.41) is 5.57. The Morgan fingerprint density at radius 2 is 1.83 bits per heavy atom. The molecule has 36 heavy (non-hydrogen) atoms. The maximum absolute atomic E-state index is 14.0. The number of aromatic nitrogens is 4. The van der Waals surface area contributed by atoms with E-state index in [0.29, 0.717) is 16.9 Å². The van der Waals surface area contributed by atoms with Crippen LogP contribution in [0.2, 0.25) is 5.02 Å². The number of fused-ring (bicyclic) bond motifs is 1. The van der Waals surface area contributed by atoms with Gasteiger partial charge in [0.15, 0.2) is 23.2 Å². The van der Waals surface area contributed by atoms with Crippen LogP contribution < -0.4 is 22.1 Å². The number of nitrogens with zero attached hydrogens (tertiary/aromatic N) is 4. The van der Waals surface area contributed by atoms with Crippen molar-refractivity contribution in [2.45, 2.75) is 25.2 Å². The van der Waals surface area contributed by atoms with Gasteiger partial charge in [0.25, 0.3) is 5.91 Å². The molecule has 2 atom stereocenters. The molecule has 0 spiro atoms. The van der Waals surface area contributed by atoms with Crippen LogP contribution in [0.4, 0.5) is 21.8 Å². The van der Waals surface area contributed by atoms with Crippen molar-refractivity contribution in [3.05, 3.63) is 40.7 Å². The van der Waals surface area contributed by atoms with Crippen molar-refractivity contribution in [2.24, 2.45) is 0 Å². The highest BCUT2D eigenvalue weighted by Crippen LogP contribution is 2.24. The van der Waals surface area contributed by atoms with E-state index in [1.807, 2.05) is 0 Å². The fourth-order valence-electron chi connectivity index (χ4n) is 3.08. The number of anilines is 3. The highest BCUT2D eigenvalue weighted by molar-refractivity contribution is 6.33. The normalized spacial score (nSPS) is 12.4. The fraction of sp³-hybridized carbons (Fsp3) is 0.286. The third-order valence-corrected chi connectivity index (χ3v) is 5.20. The summed E-state index contributed by atoms with van der Waals surface area (Å²) >= 11 is 6.30. The van der Waals surface area contributed by atoms with Crippen LogP contribution in [0, 0.1) is 0 Å². The smallest absolute Gasteiger partial charge is 0.340 e. The molecule has 3 rings (SSSR count). The van der Waals surface area contributed by atoms with E-state index in [4.69, 9.17) is 23.1 Å². The number of halogens is 2. The molecule has 2 heterocycles. The molecular weight excluding hydrogens is 499 g/mol. The van der Waals surface area contributed by atoms with Crippen LogP contribution in [-0.4, -0.2) is 64.2 Å². The Labute approximate surface area is 208 Å². The molecule has 6 N–H and O–H groups in total. The number of benzene rings is 1. The van der Waals surface area contributed by atoms with Crippen molar-refractivity contribution in [3.63, 3.8) is 0 Å². The molecule has 0 aliphatic rings. The van der Waals surface area contributed by atoms with Crippen LogP contribution in [-0.2, 0) is 25.6 Å². The highest BCUT2D eigenvalue weighted by Gasteiger charge is 2.30. The number of carbonyl (C=O) groups excluding carboxylic acids is 3. The molecule has 0 saturated heterocycles. The standard InChI is InChI=1S/C21H22ClFN8O5/c1-35-19(33)12(23)6-14(20(34)36-2)29-18(32)9-3-4-13(11(22)5-9)26-7-10-8-27-17-15(28-10)16(24)30-21(25)31-17/h3-5,8,12,14,26H,6-7H2,1-2H3,(H,29,32)(H4,24,25,27,30,31)/t12-,14+/m1/s1. The molecule has 0 bridgehead atoms. The van der Waals surface area contributed by atoms with Crippen LogP contribution in [0.1, 0.15) is 22.5 Å². The zero-order valence-corrected chi connectivity index (χ0v) is 19.9. The summed E-state index contributed by atoms with van der Waals surface area (Å²) in [4.78, 5) is 52.3. The predicted molar refractivity (Wildman–Crippen MR) is 128 cm³/mol. The maximum atomic E-state index is 14.0. The number of nitrogen functional groups attached to an aromatic ring is 2. The van der Waals surface area contributed by atoms with E-state index in [9.17, 15) is 18.8 Å². The quantitative estimate of drug-likeness (QED) is 0.292. The number of nitrogens with two attached hydrogens (primary N) is 2. The minimum atomic E-state index is -2.13. The second-order valence-corrected chi connectivity index (χ2v) is 7.73. The number of methoxy groups -OCH3 is 2. The van der Waals surface area contributed by atoms with Crippen LogP contribution in [0.25, 0.3) is 11.2 Å². The molecule has 1 amide bonds. The molecular formula is C21H22ClFN8O5. The number of hydrogen-bond donors (Lipinski definition) is 4. The van der Waals surface area contributed by atoms with Gasteiger partial charge < -0.3 is 31.6 Å². The first-order valence-corrected chi connectivity index (χ1v) is 10.7. The number of amides is 1. The molecule has 3 aromatic rings. The largest absolute Gasteiger partial charge is 0.467 e. The lowest BCUT2D eigenvalue weighted by atomic mass is 10.1. The van der Waals surface area contributed by atoms with E-state index in [-0.39, 0.29) is 34.5 Å². The first-order chi connectivity index (χ1) is 17.1. The van der Waals surface area contributed by atoms with Gasteiger partial charge in [0, 0.05) is 12.0 Å². The Morgan fingerprint density at radius 3 is 2.50 bits per heavy atom. The third-order valence-electron chi connectivity index (χ3n) is 4.88. The molecule has 2 aromatic heterocycles. The van der Waals surface area contributed by atoms with E-state index in [0.717, 1.165) is 14.2 Å². The molecule has 0 radical (unpaired) electrons. The molecule has 13 nitrogen and oxygen atoms in total. The maximum Gasteiger partial charge on any atom is 0.340 e. The number of esters is 2. The SMILES string of the molecule is COC(=O)[C@H](F)C[C@H](NC(=O)c1ccc(NCc2cnc3nc(N)nc(N)c3n2)c(Cl)c1)C(=O)OC. The molecule has 0 saturated carbocycles. The van der Waals surface area contributed by atoms with Crippen LogP contribution in [0.15, 0.2) is 24.4 Å². The molecule has 190 valence electrons. The number of hydrogen-bond acceptors (Lipinski definition) is 12. The van der Waals surface area contributed by atoms with Gasteiger partial charge in [-0.25, -0.2) is 23.9 Å². The molecule has 1 aromatic carbocycles. The second-order valence-electron chi connectivity index (χ2n) is 7.32. The third kappa shape index (κ3) is 6.21. The van der Waals surface area contributed by atoms with Gasteiger partial charge in [0.05, 0.1) is 43.4 Å². The minimum Gasteiger partial charge on any atom is -0.467 e. The molecule has 0 fully saturated rings. The first-order valence-electron chi connectivity index (χ1n) is 10.3. The van der Waals surface area contributed by atoms with Crippen molar-refractivity contribution >= 4 is 58.1 Å². The Hall–Kier alpha value is -4.33. The molecule has 0 aliphatic heterocycles. The van der Waals surface area contributed by atoms with Crippen molar-refractivity contribution < 1.29 is 28.2 Å². The monoisotopic (exact) mass is 520 g/mol. The second kappa shape index (κ2) is 11.4. The van der Waals surface area contributed by atoms with Crippen molar-refractivity contribution in [3.8, 4) is 0 Å². The number of alkyl halides is 1. The van der Waals surface area contributed by atoms with Crippen molar-refractivity contribution in [1.82, 2.24) is 25.3 Å². The van der Waals surface area contributed by atoms with Gasteiger partial charge in [-0.2, -0.15) is 9.97 Å². The van der Waals surface area contributed by atoms with Gasteiger partial charge in [-0.1, -0.05) is 11.6 Å².